The van der Waals surface area contributed by atoms with E-state index in [1.54, 1.807) is 0 Å². The van der Waals surface area contributed by atoms with Crippen LogP contribution in [0.5, 0.6) is 0 Å². The highest BCUT2D eigenvalue weighted by Gasteiger charge is 2.27. The van der Waals surface area contributed by atoms with Crippen LogP contribution >= 0.6 is 0 Å². The molecule has 0 aliphatic heterocycles. The van der Waals surface area contributed by atoms with Gasteiger partial charge in [-0.1, -0.05) is 63.4 Å². The second kappa shape index (κ2) is 6.56. The number of benzene rings is 1. The van der Waals surface area contributed by atoms with Gasteiger partial charge in [0.25, 0.3) is 0 Å². The minimum absolute atomic E-state index is 0.375. The van der Waals surface area contributed by atoms with Crippen molar-refractivity contribution in [3.05, 3.63) is 35.9 Å². The summed E-state index contributed by atoms with van der Waals surface area (Å²) in [5.41, 5.74) is 1.85. The van der Waals surface area contributed by atoms with Crippen LogP contribution in [0.2, 0.25) is 0 Å². The molecule has 0 saturated heterocycles. The van der Waals surface area contributed by atoms with Gasteiger partial charge in [0.15, 0.2) is 0 Å². The first kappa shape index (κ1) is 14.6. The molecule has 106 valence electrons. The Labute approximate surface area is 118 Å². The fourth-order valence-electron chi connectivity index (χ4n) is 3.30. The molecule has 0 spiro atoms. The summed E-state index contributed by atoms with van der Waals surface area (Å²) in [4.78, 5) is 0. The van der Waals surface area contributed by atoms with E-state index in [0.29, 0.717) is 17.4 Å². The van der Waals surface area contributed by atoms with Gasteiger partial charge < -0.3 is 5.32 Å². The van der Waals surface area contributed by atoms with Crippen molar-refractivity contribution in [3.8, 4) is 0 Å². The lowest BCUT2D eigenvalue weighted by Crippen LogP contribution is -2.46. The predicted octanol–water partition coefficient (Wildman–Crippen LogP) is 4.74. The summed E-state index contributed by atoms with van der Waals surface area (Å²) in [5, 5.41) is 3.88. The van der Waals surface area contributed by atoms with Gasteiger partial charge in [-0.25, -0.2) is 0 Å². The lowest BCUT2D eigenvalue weighted by atomic mass is 9.81. The maximum Gasteiger partial charge on any atom is 0.0153 e. The quantitative estimate of drug-likeness (QED) is 0.805. The van der Waals surface area contributed by atoms with Crippen LogP contribution in [0.1, 0.15) is 64.4 Å². The molecule has 1 atom stereocenters. The molecule has 0 radical (unpaired) electrons. The third-order valence-corrected chi connectivity index (χ3v) is 4.74. The van der Waals surface area contributed by atoms with Crippen molar-refractivity contribution in [2.24, 2.45) is 5.92 Å². The van der Waals surface area contributed by atoms with E-state index in [9.17, 15) is 0 Å². The lowest BCUT2D eigenvalue weighted by Gasteiger charge is -2.37. The van der Waals surface area contributed by atoms with Crippen molar-refractivity contribution in [2.45, 2.75) is 64.3 Å². The van der Waals surface area contributed by atoms with Crippen molar-refractivity contribution in [3.63, 3.8) is 0 Å². The molecule has 0 aromatic heterocycles. The maximum atomic E-state index is 3.88. The van der Waals surface area contributed by atoms with Crippen LogP contribution in [0, 0.1) is 5.92 Å². The van der Waals surface area contributed by atoms with E-state index < -0.39 is 0 Å². The van der Waals surface area contributed by atoms with Crippen molar-refractivity contribution >= 4 is 0 Å². The van der Waals surface area contributed by atoms with E-state index in [4.69, 9.17) is 0 Å². The summed E-state index contributed by atoms with van der Waals surface area (Å²) < 4.78 is 0. The fraction of sp³-hybridized carbons (Fsp3) is 0.667. The number of rotatable bonds is 5. The second-order valence-corrected chi connectivity index (χ2v) is 6.76. The zero-order valence-corrected chi connectivity index (χ0v) is 12.8. The summed E-state index contributed by atoms with van der Waals surface area (Å²) in [6, 6.07) is 11.0. The molecule has 1 unspecified atom stereocenters. The number of hydrogen-bond acceptors (Lipinski definition) is 1. The van der Waals surface area contributed by atoms with Gasteiger partial charge in [-0.15, -0.1) is 0 Å². The highest BCUT2D eigenvalue weighted by atomic mass is 15.0. The lowest BCUT2D eigenvalue weighted by molar-refractivity contribution is 0.243. The van der Waals surface area contributed by atoms with E-state index in [-0.39, 0.29) is 0 Å². The summed E-state index contributed by atoms with van der Waals surface area (Å²) in [5.74, 6) is 1.31. The molecule has 1 saturated carbocycles. The normalized spacial score (nSPS) is 20.4. The van der Waals surface area contributed by atoms with Gasteiger partial charge >= 0.3 is 0 Å². The van der Waals surface area contributed by atoms with Crippen LogP contribution in [0.15, 0.2) is 30.3 Å². The molecule has 1 aromatic carbocycles. The fourth-order valence-corrected chi connectivity index (χ4v) is 3.30. The molecule has 0 heterocycles. The third-order valence-electron chi connectivity index (χ3n) is 4.74. The Morgan fingerprint density at radius 3 is 2.26 bits per heavy atom. The van der Waals surface area contributed by atoms with Gasteiger partial charge in [-0.3, -0.25) is 0 Å². The van der Waals surface area contributed by atoms with E-state index in [1.165, 1.54) is 37.7 Å². The smallest absolute Gasteiger partial charge is 0.0153 e. The van der Waals surface area contributed by atoms with Crippen LogP contribution in [0.4, 0.5) is 0 Å². The van der Waals surface area contributed by atoms with Gasteiger partial charge in [-0.2, -0.15) is 0 Å². The Kier molecular flexibility index (Phi) is 5.04. The molecule has 0 bridgehead atoms. The largest absolute Gasteiger partial charge is 0.311 e. The predicted molar refractivity (Wildman–Crippen MR) is 83.5 cm³/mol. The van der Waals surface area contributed by atoms with Gasteiger partial charge in [0, 0.05) is 12.1 Å². The van der Waals surface area contributed by atoms with E-state index in [2.05, 4.69) is 56.4 Å². The monoisotopic (exact) mass is 259 g/mol. The molecule has 0 amide bonds. The van der Waals surface area contributed by atoms with E-state index in [0.717, 1.165) is 6.54 Å². The SMILES string of the molecule is CC(C)C(CNC1(C)CCCCC1)c1ccccc1. The molecular formula is C18H29N. The van der Waals surface area contributed by atoms with Crippen molar-refractivity contribution < 1.29 is 0 Å². The van der Waals surface area contributed by atoms with Crippen LogP contribution in [-0.4, -0.2) is 12.1 Å². The molecule has 2 rings (SSSR count). The number of hydrogen-bond donors (Lipinski definition) is 1. The summed E-state index contributed by atoms with van der Waals surface area (Å²) >= 11 is 0. The average molecular weight is 259 g/mol. The van der Waals surface area contributed by atoms with Gasteiger partial charge in [0.05, 0.1) is 0 Å². The van der Waals surface area contributed by atoms with E-state index in [1.807, 2.05) is 0 Å². The topological polar surface area (TPSA) is 12.0 Å². The molecule has 1 fully saturated rings. The van der Waals surface area contributed by atoms with Crippen molar-refractivity contribution in [2.75, 3.05) is 6.54 Å². The minimum Gasteiger partial charge on any atom is -0.311 e. The van der Waals surface area contributed by atoms with Crippen LogP contribution in [0.3, 0.4) is 0 Å². The van der Waals surface area contributed by atoms with Crippen molar-refractivity contribution in [1.29, 1.82) is 0 Å². The first-order valence-corrected chi connectivity index (χ1v) is 7.91. The third kappa shape index (κ3) is 4.07. The molecular weight excluding hydrogens is 230 g/mol. The molecule has 1 aliphatic rings. The summed E-state index contributed by atoms with van der Waals surface area (Å²) in [6.45, 7) is 8.19. The number of nitrogens with one attached hydrogen (secondary N) is 1. The van der Waals surface area contributed by atoms with Crippen molar-refractivity contribution in [1.82, 2.24) is 5.32 Å². The minimum atomic E-state index is 0.375. The Balaban J connectivity index is 1.98. The zero-order valence-electron chi connectivity index (χ0n) is 12.8. The highest BCUT2D eigenvalue weighted by Crippen LogP contribution is 2.30. The standard InChI is InChI=1S/C18H29N/c1-15(2)17(16-10-6-4-7-11-16)14-19-18(3)12-8-5-9-13-18/h4,6-7,10-11,15,17,19H,5,8-9,12-14H2,1-3H3. The highest BCUT2D eigenvalue weighted by molar-refractivity contribution is 5.20. The Morgan fingerprint density at radius 1 is 1.05 bits per heavy atom. The van der Waals surface area contributed by atoms with E-state index >= 15 is 0 Å². The molecule has 1 aromatic rings. The maximum absolute atomic E-state index is 3.88. The summed E-state index contributed by atoms with van der Waals surface area (Å²) in [7, 11) is 0. The summed E-state index contributed by atoms with van der Waals surface area (Å²) in [6.07, 6.45) is 6.88. The molecule has 19 heavy (non-hydrogen) atoms. The zero-order chi connectivity index (χ0) is 13.7. The first-order chi connectivity index (χ1) is 9.11. The molecule has 1 aliphatic carbocycles. The van der Waals surface area contributed by atoms with Gasteiger partial charge in [0.2, 0.25) is 0 Å². The van der Waals surface area contributed by atoms with Crippen LogP contribution in [-0.2, 0) is 0 Å². The van der Waals surface area contributed by atoms with Gasteiger partial charge in [-0.05, 0) is 37.2 Å². The molecule has 1 nitrogen and oxygen atoms in total. The van der Waals surface area contributed by atoms with Crippen LogP contribution in [0.25, 0.3) is 0 Å². The van der Waals surface area contributed by atoms with Crippen LogP contribution < -0.4 is 5.32 Å². The molecule has 1 heteroatoms. The average Bonchev–Trinajstić information content (AvgIpc) is 2.40. The Hall–Kier alpha value is -0.820. The second-order valence-electron chi connectivity index (χ2n) is 6.76. The molecule has 1 N–H and O–H groups in total. The Bertz CT molecular complexity index is 363. The van der Waals surface area contributed by atoms with Gasteiger partial charge in [0.1, 0.15) is 0 Å². The Morgan fingerprint density at radius 2 is 1.68 bits per heavy atom. The first-order valence-electron chi connectivity index (χ1n) is 7.91.